The number of halogens is 1. The molecule has 9 heteroatoms. The highest BCUT2D eigenvalue weighted by atomic mass is 35.5. The number of nitrogens with one attached hydrogen (secondary N) is 2. The van der Waals surface area contributed by atoms with E-state index in [1.54, 1.807) is 12.1 Å². The van der Waals surface area contributed by atoms with Crippen molar-refractivity contribution in [3.63, 3.8) is 0 Å². The highest BCUT2D eigenvalue weighted by Crippen LogP contribution is 2.35. The number of para-hydroxylation sites is 2. The van der Waals surface area contributed by atoms with Crippen LogP contribution in [-0.2, 0) is 9.59 Å². The van der Waals surface area contributed by atoms with Crippen LogP contribution in [0.4, 0.5) is 5.69 Å². The molecule has 1 aliphatic heterocycles. The van der Waals surface area contributed by atoms with E-state index >= 15 is 0 Å². The average Bonchev–Trinajstić information content (AvgIpc) is 2.72. The second-order valence-corrected chi connectivity index (χ2v) is 6.26. The second kappa shape index (κ2) is 8.71. The van der Waals surface area contributed by atoms with Crippen LogP contribution in [-0.4, -0.2) is 45.3 Å². The van der Waals surface area contributed by atoms with Crippen molar-refractivity contribution in [1.82, 2.24) is 5.32 Å². The van der Waals surface area contributed by atoms with Crippen molar-refractivity contribution >= 4 is 29.1 Å². The van der Waals surface area contributed by atoms with Crippen LogP contribution in [0.5, 0.6) is 23.0 Å². The van der Waals surface area contributed by atoms with Gasteiger partial charge in [0.05, 0.1) is 31.5 Å². The maximum atomic E-state index is 12.2. The Kier molecular flexibility index (Phi) is 6.10. The lowest BCUT2D eigenvalue weighted by molar-refractivity contribution is -0.136. The van der Waals surface area contributed by atoms with E-state index in [1.165, 1.54) is 26.4 Å². The van der Waals surface area contributed by atoms with Gasteiger partial charge in [-0.05, 0) is 12.1 Å². The zero-order valence-electron chi connectivity index (χ0n) is 15.3. The molecule has 8 nitrogen and oxygen atoms in total. The van der Waals surface area contributed by atoms with Gasteiger partial charge in [-0.15, -0.1) is 0 Å². The van der Waals surface area contributed by atoms with Gasteiger partial charge in [0.1, 0.15) is 24.2 Å². The lowest BCUT2D eigenvalue weighted by Crippen LogP contribution is -2.44. The predicted octanol–water partition coefficient (Wildman–Crippen LogP) is 2.25. The van der Waals surface area contributed by atoms with Crippen LogP contribution in [0, 0.1) is 0 Å². The number of fused-ring (bicyclic) bond motifs is 1. The van der Waals surface area contributed by atoms with Crippen LogP contribution in [0.3, 0.4) is 0 Å². The van der Waals surface area contributed by atoms with Gasteiger partial charge >= 0.3 is 11.8 Å². The van der Waals surface area contributed by atoms with Crippen molar-refractivity contribution < 1.29 is 28.5 Å². The highest BCUT2D eigenvalue weighted by molar-refractivity contribution is 6.40. The first-order valence-corrected chi connectivity index (χ1v) is 8.78. The zero-order valence-corrected chi connectivity index (χ0v) is 16.0. The fourth-order valence-corrected chi connectivity index (χ4v) is 2.82. The van der Waals surface area contributed by atoms with Crippen molar-refractivity contribution in [2.75, 3.05) is 32.7 Å². The Hall–Kier alpha value is -3.13. The Balaban J connectivity index is 1.58. The highest BCUT2D eigenvalue weighted by Gasteiger charge is 2.23. The summed E-state index contributed by atoms with van der Waals surface area (Å²) in [5.41, 5.74) is 0.259. The van der Waals surface area contributed by atoms with E-state index < -0.39 is 17.9 Å². The van der Waals surface area contributed by atoms with Crippen LogP contribution >= 0.6 is 11.6 Å². The summed E-state index contributed by atoms with van der Waals surface area (Å²) in [4.78, 5) is 24.4. The molecule has 0 fully saturated rings. The summed E-state index contributed by atoms with van der Waals surface area (Å²) in [5.74, 6) is 0.192. The Bertz CT molecular complexity index is 889. The third kappa shape index (κ3) is 4.40. The number of hydrogen-bond donors (Lipinski definition) is 2. The molecule has 1 aliphatic rings. The van der Waals surface area contributed by atoms with Crippen LogP contribution in [0.15, 0.2) is 36.4 Å². The first-order chi connectivity index (χ1) is 13.5. The van der Waals surface area contributed by atoms with E-state index in [-0.39, 0.29) is 18.8 Å². The van der Waals surface area contributed by atoms with E-state index in [0.29, 0.717) is 28.0 Å². The topological polar surface area (TPSA) is 95.1 Å². The standard InChI is InChI=1S/C19H19ClN2O6/c1-25-16-8-13(17(26-2)7-12(16)20)22-19(24)18(23)21-9-11-10-27-14-5-3-4-6-15(14)28-11/h3-8,11H,9-10H2,1-2H3,(H,21,23)(H,22,24). The lowest BCUT2D eigenvalue weighted by atomic mass is 10.2. The molecule has 0 bridgehead atoms. The van der Waals surface area contributed by atoms with Gasteiger partial charge in [-0.2, -0.15) is 0 Å². The molecule has 1 heterocycles. The zero-order chi connectivity index (χ0) is 20.1. The number of benzene rings is 2. The Morgan fingerprint density at radius 2 is 1.82 bits per heavy atom. The number of carbonyl (C=O) groups excluding carboxylic acids is 2. The number of methoxy groups -OCH3 is 2. The number of hydrogen-bond acceptors (Lipinski definition) is 6. The molecule has 3 rings (SSSR count). The summed E-state index contributed by atoms with van der Waals surface area (Å²) in [6, 6.07) is 10.2. The fraction of sp³-hybridized carbons (Fsp3) is 0.263. The van der Waals surface area contributed by atoms with Gasteiger partial charge in [0, 0.05) is 12.1 Å². The smallest absolute Gasteiger partial charge is 0.313 e. The second-order valence-electron chi connectivity index (χ2n) is 5.85. The molecule has 28 heavy (non-hydrogen) atoms. The minimum absolute atomic E-state index is 0.113. The number of anilines is 1. The van der Waals surface area contributed by atoms with Crippen LogP contribution in [0.25, 0.3) is 0 Å². The summed E-state index contributed by atoms with van der Waals surface area (Å²) in [6.07, 6.45) is -0.406. The first-order valence-electron chi connectivity index (χ1n) is 8.41. The molecule has 0 spiro atoms. The van der Waals surface area contributed by atoms with Crippen molar-refractivity contribution in [2.45, 2.75) is 6.10 Å². The molecule has 0 saturated carbocycles. The molecule has 0 saturated heterocycles. The predicted molar refractivity (Wildman–Crippen MR) is 103 cm³/mol. The third-order valence-corrected chi connectivity index (χ3v) is 4.28. The van der Waals surface area contributed by atoms with Gasteiger partial charge in [-0.3, -0.25) is 9.59 Å². The van der Waals surface area contributed by atoms with Gasteiger partial charge in [0.15, 0.2) is 11.5 Å². The minimum atomic E-state index is -0.861. The van der Waals surface area contributed by atoms with Gasteiger partial charge < -0.3 is 29.6 Å². The summed E-state index contributed by atoms with van der Waals surface area (Å²) < 4.78 is 21.6. The fourth-order valence-electron chi connectivity index (χ4n) is 2.59. The summed E-state index contributed by atoms with van der Waals surface area (Å²) in [5, 5.41) is 5.32. The molecular weight excluding hydrogens is 388 g/mol. The molecule has 1 unspecified atom stereocenters. The molecule has 148 valence electrons. The number of carbonyl (C=O) groups is 2. The Morgan fingerprint density at radius 1 is 1.11 bits per heavy atom. The number of rotatable bonds is 5. The van der Waals surface area contributed by atoms with Crippen LogP contribution in [0.2, 0.25) is 5.02 Å². The first kappa shape index (κ1) is 19.6. The molecule has 0 aliphatic carbocycles. The van der Waals surface area contributed by atoms with Crippen molar-refractivity contribution in [3.8, 4) is 23.0 Å². The monoisotopic (exact) mass is 406 g/mol. The molecule has 2 aromatic carbocycles. The largest absolute Gasteiger partial charge is 0.495 e. The molecular formula is C19H19ClN2O6. The number of ether oxygens (including phenoxy) is 4. The average molecular weight is 407 g/mol. The minimum Gasteiger partial charge on any atom is -0.495 e. The van der Waals surface area contributed by atoms with Crippen LogP contribution < -0.4 is 29.6 Å². The Labute approximate surface area is 166 Å². The van der Waals surface area contributed by atoms with Crippen LogP contribution in [0.1, 0.15) is 0 Å². The maximum Gasteiger partial charge on any atom is 0.313 e. The van der Waals surface area contributed by atoms with Crippen molar-refractivity contribution in [2.24, 2.45) is 0 Å². The molecule has 0 aromatic heterocycles. The van der Waals surface area contributed by atoms with E-state index in [0.717, 1.165) is 0 Å². The normalized spacial score (nSPS) is 14.8. The molecule has 2 aromatic rings. The summed E-state index contributed by atoms with van der Waals surface area (Å²) in [7, 11) is 2.86. The van der Waals surface area contributed by atoms with Gasteiger partial charge in [0.25, 0.3) is 0 Å². The lowest BCUT2D eigenvalue weighted by Gasteiger charge is -2.26. The van der Waals surface area contributed by atoms with E-state index in [2.05, 4.69) is 10.6 Å². The van der Waals surface area contributed by atoms with Crippen molar-refractivity contribution in [3.05, 3.63) is 41.4 Å². The van der Waals surface area contributed by atoms with Gasteiger partial charge in [-0.25, -0.2) is 0 Å². The van der Waals surface area contributed by atoms with E-state index in [4.69, 9.17) is 30.5 Å². The third-order valence-electron chi connectivity index (χ3n) is 3.99. The molecule has 2 amide bonds. The molecule has 0 radical (unpaired) electrons. The van der Waals surface area contributed by atoms with Crippen molar-refractivity contribution in [1.29, 1.82) is 0 Å². The maximum absolute atomic E-state index is 12.2. The molecule has 2 N–H and O–H groups in total. The van der Waals surface area contributed by atoms with Gasteiger partial charge in [-0.1, -0.05) is 23.7 Å². The quantitative estimate of drug-likeness (QED) is 0.739. The van der Waals surface area contributed by atoms with E-state index in [1.807, 2.05) is 12.1 Å². The van der Waals surface area contributed by atoms with Gasteiger partial charge in [0.2, 0.25) is 0 Å². The summed E-state index contributed by atoms with van der Waals surface area (Å²) in [6.45, 7) is 0.378. The molecule has 1 atom stereocenters. The number of amides is 2. The summed E-state index contributed by atoms with van der Waals surface area (Å²) >= 11 is 6.03. The van der Waals surface area contributed by atoms with E-state index in [9.17, 15) is 9.59 Å². The SMILES string of the molecule is COc1cc(NC(=O)C(=O)NCC2COc3ccccc3O2)c(OC)cc1Cl. The Morgan fingerprint density at radius 3 is 2.54 bits per heavy atom.